The molecule has 5 heteroatoms. The molecule has 0 spiro atoms. The van der Waals surface area contributed by atoms with E-state index in [4.69, 9.17) is 10.2 Å². The molecule has 74 valence electrons. The number of rotatable bonds is 6. The van der Waals surface area contributed by atoms with Crippen LogP contribution >= 0.6 is 0 Å². The summed E-state index contributed by atoms with van der Waals surface area (Å²) in [4.78, 5) is 21.4. The molecule has 0 aliphatic heterocycles. The summed E-state index contributed by atoms with van der Waals surface area (Å²) in [6, 6.07) is 0. The summed E-state index contributed by atoms with van der Waals surface area (Å²) in [6.45, 7) is -0.573. The first-order valence-electron chi connectivity index (χ1n) is 3.80. The molecule has 0 saturated carbocycles. The first kappa shape index (κ1) is 11.8. The smallest absolute Gasteiger partial charge is 0.330 e. The van der Waals surface area contributed by atoms with Gasteiger partial charge < -0.3 is 14.9 Å². The van der Waals surface area contributed by atoms with Crippen LogP contribution in [0, 0.1) is 0 Å². The Balaban J connectivity index is 3.69. The fourth-order valence-electron chi connectivity index (χ4n) is 0.549. The largest absolute Gasteiger partial charge is 0.460 e. The van der Waals surface area contributed by atoms with Gasteiger partial charge in [0.2, 0.25) is 0 Å². The summed E-state index contributed by atoms with van der Waals surface area (Å²) in [6.07, 6.45) is 1.99. The van der Waals surface area contributed by atoms with Crippen LogP contribution in [0.4, 0.5) is 0 Å². The van der Waals surface area contributed by atoms with Crippen molar-refractivity contribution in [2.45, 2.75) is 6.42 Å². The van der Waals surface area contributed by atoms with Crippen LogP contribution in [-0.2, 0) is 14.3 Å². The minimum Gasteiger partial charge on any atom is -0.460 e. The van der Waals surface area contributed by atoms with Crippen LogP contribution in [0.1, 0.15) is 6.42 Å². The quantitative estimate of drug-likeness (QED) is 0.414. The fraction of sp³-hybridized carbons (Fsp3) is 0.500. The van der Waals surface area contributed by atoms with Gasteiger partial charge in [-0.15, -0.1) is 0 Å². The number of allylic oxidation sites excluding steroid dienone is 1. The van der Waals surface area contributed by atoms with Crippen LogP contribution in [0.5, 0.6) is 0 Å². The normalized spacial score (nSPS) is 10.3. The minimum absolute atomic E-state index is 0.0101. The fourth-order valence-corrected chi connectivity index (χ4v) is 0.549. The van der Waals surface area contributed by atoms with Gasteiger partial charge in [-0.2, -0.15) is 0 Å². The molecule has 0 aromatic rings. The van der Waals surface area contributed by atoms with Crippen molar-refractivity contribution in [3.8, 4) is 0 Å². The van der Waals surface area contributed by atoms with E-state index in [-0.39, 0.29) is 32.0 Å². The first-order chi connectivity index (χ1) is 6.20. The third-order valence-electron chi connectivity index (χ3n) is 1.10. The van der Waals surface area contributed by atoms with E-state index in [0.29, 0.717) is 0 Å². The Morgan fingerprint density at radius 1 is 1.15 bits per heavy atom. The maximum atomic E-state index is 10.7. The Morgan fingerprint density at radius 2 is 1.85 bits per heavy atom. The topological polar surface area (TPSA) is 83.8 Å². The molecule has 5 nitrogen and oxygen atoms in total. The van der Waals surface area contributed by atoms with Crippen molar-refractivity contribution in [3.05, 3.63) is 12.2 Å². The monoisotopic (exact) mass is 188 g/mol. The van der Waals surface area contributed by atoms with Gasteiger partial charge in [0.25, 0.3) is 0 Å². The SMILES string of the molecule is O=C(C=CC(=O)OCCO)CCO. The summed E-state index contributed by atoms with van der Waals surface area (Å²) >= 11 is 0. The summed E-state index contributed by atoms with van der Waals surface area (Å²) in [5.41, 5.74) is 0. The maximum Gasteiger partial charge on any atom is 0.330 e. The second-order valence-electron chi connectivity index (χ2n) is 2.16. The van der Waals surface area contributed by atoms with Gasteiger partial charge >= 0.3 is 5.97 Å². The molecule has 0 saturated heterocycles. The average molecular weight is 188 g/mol. The molecule has 0 radical (unpaired) electrons. The summed E-state index contributed by atoms with van der Waals surface area (Å²) in [7, 11) is 0. The molecule has 0 aliphatic carbocycles. The maximum absolute atomic E-state index is 10.7. The number of ketones is 1. The van der Waals surface area contributed by atoms with Crippen molar-refractivity contribution in [2.24, 2.45) is 0 Å². The van der Waals surface area contributed by atoms with Gasteiger partial charge in [0, 0.05) is 12.5 Å². The lowest BCUT2D eigenvalue weighted by atomic mass is 10.3. The average Bonchev–Trinajstić information content (AvgIpc) is 2.12. The van der Waals surface area contributed by atoms with Crippen LogP contribution in [0.25, 0.3) is 0 Å². The van der Waals surface area contributed by atoms with Gasteiger partial charge in [0.15, 0.2) is 5.78 Å². The Kier molecular flexibility index (Phi) is 6.76. The molecule has 0 aromatic carbocycles. The molecule has 0 atom stereocenters. The summed E-state index contributed by atoms with van der Waals surface area (Å²) < 4.78 is 4.43. The van der Waals surface area contributed by atoms with Crippen molar-refractivity contribution >= 4 is 11.8 Å². The standard InChI is InChI=1S/C8H12O5/c9-4-3-7(11)1-2-8(12)13-6-5-10/h1-2,9-10H,3-6H2. The van der Waals surface area contributed by atoms with Crippen LogP contribution in [0.3, 0.4) is 0 Å². The summed E-state index contributed by atoms with van der Waals surface area (Å²) in [5.74, 6) is -1.02. The van der Waals surface area contributed by atoms with Crippen molar-refractivity contribution in [3.63, 3.8) is 0 Å². The molecule has 0 fully saturated rings. The highest BCUT2D eigenvalue weighted by molar-refractivity contribution is 5.95. The van der Waals surface area contributed by atoms with Crippen LogP contribution in [-0.4, -0.2) is 41.8 Å². The Morgan fingerprint density at radius 3 is 2.38 bits per heavy atom. The number of ether oxygens (including phenoxy) is 1. The molecule has 0 aliphatic rings. The number of aliphatic hydroxyl groups is 2. The predicted octanol–water partition coefficient (Wildman–Crippen LogP) is -0.970. The van der Waals surface area contributed by atoms with E-state index in [0.717, 1.165) is 12.2 Å². The van der Waals surface area contributed by atoms with Gasteiger partial charge in [-0.25, -0.2) is 4.79 Å². The lowest BCUT2D eigenvalue weighted by molar-refractivity contribution is -0.138. The van der Waals surface area contributed by atoms with E-state index < -0.39 is 5.97 Å². The lowest BCUT2D eigenvalue weighted by Crippen LogP contribution is -2.06. The zero-order valence-corrected chi connectivity index (χ0v) is 7.10. The Bertz CT molecular complexity index is 197. The van der Waals surface area contributed by atoms with E-state index in [9.17, 15) is 9.59 Å². The lowest BCUT2D eigenvalue weighted by Gasteiger charge is -1.96. The molecule has 0 amide bonds. The Labute approximate surface area is 75.6 Å². The van der Waals surface area contributed by atoms with Gasteiger partial charge in [0.05, 0.1) is 13.2 Å². The van der Waals surface area contributed by atoms with Crippen molar-refractivity contribution in [1.82, 2.24) is 0 Å². The van der Waals surface area contributed by atoms with Crippen LogP contribution in [0.15, 0.2) is 12.2 Å². The third kappa shape index (κ3) is 7.17. The number of carbonyl (C=O) groups excluding carboxylic acids is 2. The van der Waals surface area contributed by atoms with Crippen molar-refractivity contribution < 1.29 is 24.5 Å². The molecule has 0 rings (SSSR count). The van der Waals surface area contributed by atoms with Gasteiger partial charge in [-0.3, -0.25) is 4.79 Å². The van der Waals surface area contributed by atoms with Crippen molar-refractivity contribution in [2.75, 3.05) is 19.8 Å². The molecule has 13 heavy (non-hydrogen) atoms. The highest BCUT2D eigenvalue weighted by Crippen LogP contribution is 1.86. The number of hydrogen-bond acceptors (Lipinski definition) is 5. The number of carbonyl (C=O) groups is 2. The highest BCUT2D eigenvalue weighted by atomic mass is 16.5. The molecule has 0 unspecified atom stereocenters. The van der Waals surface area contributed by atoms with Crippen molar-refractivity contribution in [1.29, 1.82) is 0 Å². The van der Waals surface area contributed by atoms with Gasteiger partial charge in [-0.1, -0.05) is 0 Å². The van der Waals surface area contributed by atoms with E-state index in [1.54, 1.807) is 0 Å². The zero-order valence-electron chi connectivity index (χ0n) is 7.10. The van der Waals surface area contributed by atoms with Gasteiger partial charge in [0.1, 0.15) is 6.61 Å². The first-order valence-corrected chi connectivity index (χ1v) is 3.80. The molecule has 2 N–H and O–H groups in total. The Hall–Kier alpha value is -1.20. The van der Waals surface area contributed by atoms with Crippen LogP contribution < -0.4 is 0 Å². The highest BCUT2D eigenvalue weighted by Gasteiger charge is 1.98. The number of hydrogen-bond donors (Lipinski definition) is 2. The second-order valence-corrected chi connectivity index (χ2v) is 2.16. The molecule has 0 heterocycles. The van der Waals surface area contributed by atoms with E-state index in [2.05, 4.69) is 4.74 Å². The molecule has 0 aromatic heterocycles. The second kappa shape index (κ2) is 7.45. The molecular weight excluding hydrogens is 176 g/mol. The third-order valence-corrected chi connectivity index (χ3v) is 1.10. The van der Waals surface area contributed by atoms with Gasteiger partial charge in [-0.05, 0) is 6.08 Å². The van der Waals surface area contributed by atoms with E-state index in [1.165, 1.54) is 0 Å². The number of aliphatic hydroxyl groups excluding tert-OH is 2. The van der Waals surface area contributed by atoms with Crippen LogP contribution in [0.2, 0.25) is 0 Å². The predicted molar refractivity (Wildman–Crippen MR) is 43.9 cm³/mol. The molecule has 0 bridgehead atoms. The number of esters is 1. The van der Waals surface area contributed by atoms with E-state index in [1.807, 2.05) is 0 Å². The van der Waals surface area contributed by atoms with E-state index >= 15 is 0 Å². The summed E-state index contributed by atoms with van der Waals surface area (Å²) in [5, 5.41) is 16.6. The molecular formula is C8H12O5. The minimum atomic E-state index is -0.680. The zero-order chi connectivity index (χ0) is 10.1.